The number of aryl methyl sites for hydroxylation is 1. The molecule has 0 bridgehead atoms. The van der Waals surface area contributed by atoms with Gasteiger partial charge in [0.25, 0.3) is 11.7 Å². The van der Waals surface area contributed by atoms with Gasteiger partial charge in [0.15, 0.2) is 0 Å². The molecule has 0 saturated carbocycles. The number of pyridine rings is 1. The normalized spacial score (nSPS) is 17.1. The van der Waals surface area contributed by atoms with Gasteiger partial charge in [-0.05, 0) is 81.0 Å². The fourth-order valence-corrected chi connectivity index (χ4v) is 4.35. The summed E-state index contributed by atoms with van der Waals surface area (Å²) in [6.45, 7) is 3.63. The zero-order valence-corrected chi connectivity index (χ0v) is 20.8. The van der Waals surface area contributed by atoms with Gasteiger partial charge in [0.1, 0.15) is 18.1 Å². The number of ketones is 1. The van der Waals surface area contributed by atoms with Crippen LogP contribution < -0.4 is 4.74 Å². The fraction of sp³-hybridized carbons (Fsp3) is 0.276. The number of aliphatic hydroxyl groups is 1. The highest BCUT2D eigenvalue weighted by molar-refractivity contribution is 6.46. The van der Waals surface area contributed by atoms with Gasteiger partial charge in [-0.1, -0.05) is 30.3 Å². The summed E-state index contributed by atoms with van der Waals surface area (Å²) in [6.07, 6.45) is 3.96. The Morgan fingerprint density at radius 3 is 2.47 bits per heavy atom. The predicted molar refractivity (Wildman–Crippen MR) is 138 cm³/mol. The highest BCUT2D eigenvalue weighted by Crippen LogP contribution is 2.39. The van der Waals surface area contributed by atoms with E-state index in [2.05, 4.69) is 4.98 Å². The lowest BCUT2D eigenvalue weighted by atomic mass is 9.96. The third kappa shape index (κ3) is 5.47. The SMILES string of the molecule is Cc1ccccc1COc1ccc(/C(O)=C2\C(=O)C(=O)N(CCCN(C)C)[C@H]2c2cccnc2)cc1. The number of carbonyl (C=O) groups is 2. The van der Waals surface area contributed by atoms with Gasteiger partial charge < -0.3 is 19.6 Å². The van der Waals surface area contributed by atoms with Crippen molar-refractivity contribution in [3.63, 3.8) is 0 Å². The molecule has 1 fully saturated rings. The van der Waals surface area contributed by atoms with Crippen LogP contribution in [0, 0.1) is 6.92 Å². The van der Waals surface area contributed by atoms with Crippen LogP contribution in [0.15, 0.2) is 78.6 Å². The Morgan fingerprint density at radius 2 is 1.81 bits per heavy atom. The first kappa shape index (κ1) is 25.1. The van der Waals surface area contributed by atoms with Gasteiger partial charge in [0.2, 0.25) is 0 Å². The summed E-state index contributed by atoms with van der Waals surface area (Å²) in [6, 6.07) is 17.8. The van der Waals surface area contributed by atoms with Gasteiger partial charge in [0, 0.05) is 24.5 Å². The van der Waals surface area contributed by atoms with E-state index in [1.165, 1.54) is 4.90 Å². The minimum Gasteiger partial charge on any atom is -0.507 e. The Bertz CT molecular complexity index is 1250. The number of nitrogens with zero attached hydrogens (tertiary/aromatic N) is 3. The number of carbonyl (C=O) groups excluding carboxylic acids is 2. The minimum absolute atomic E-state index is 0.0754. The molecule has 7 nitrogen and oxygen atoms in total. The highest BCUT2D eigenvalue weighted by Gasteiger charge is 2.45. The first-order chi connectivity index (χ1) is 17.4. The third-order valence-corrected chi connectivity index (χ3v) is 6.33. The van der Waals surface area contributed by atoms with Crippen LogP contribution in [0.1, 0.15) is 34.7 Å². The zero-order chi connectivity index (χ0) is 25.7. The number of aliphatic hydroxyl groups excluding tert-OH is 1. The van der Waals surface area contributed by atoms with Gasteiger partial charge in [-0.15, -0.1) is 0 Å². The quantitative estimate of drug-likeness (QED) is 0.276. The number of ether oxygens (including phenoxy) is 1. The molecule has 0 radical (unpaired) electrons. The number of hydrogen-bond donors (Lipinski definition) is 1. The maximum Gasteiger partial charge on any atom is 0.295 e. The summed E-state index contributed by atoms with van der Waals surface area (Å²) < 4.78 is 5.90. The number of likely N-dealkylation sites (tertiary alicyclic amines) is 1. The smallest absolute Gasteiger partial charge is 0.295 e. The van der Waals surface area contributed by atoms with Gasteiger partial charge >= 0.3 is 0 Å². The molecule has 0 spiro atoms. The standard InChI is InChI=1S/C29H31N3O4/c1-20-8-4-5-9-23(20)19-36-24-13-11-21(12-14-24)27(33)25-26(22-10-6-15-30-18-22)32(29(35)28(25)34)17-7-16-31(2)3/h4-6,8-15,18,26,33H,7,16-17,19H2,1-3H3/b27-25+/t26-/m0/s1. The molecule has 36 heavy (non-hydrogen) atoms. The van der Waals surface area contributed by atoms with Crippen molar-refractivity contribution in [3.05, 3.63) is 101 Å². The van der Waals surface area contributed by atoms with Crippen LogP contribution in [-0.2, 0) is 16.2 Å². The molecule has 0 unspecified atom stereocenters. The lowest BCUT2D eigenvalue weighted by Gasteiger charge is -2.25. The molecule has 4 rings (SSSR count). The van der Waals surface area contributed by atoms with Crippen LogP contribution in [0.3, 0.4) is 0 Å². The number of aromatic nitrogens is 1. The van der Waals surface area contributed by atoms with Crippen molar-refractivity contribution in [2.45, 2.75) is 26.0 Å². The summed E-state index contributed by atoms with van der Waals surface area (Å²) in [7, 11) is 3.92. The van der Waals surface area contributed by atoms with Crippen molar-refractivity contribution < 1.29 is 19.4 Å². The van der Waals surface area contributed by atoms with Crippen LogP contribution >= 0.6 is 0 Å². The van der Waals surface area contributed by atoms with Crippen LogP contribution in [0.25, 0.3) is 5.76 Å². The van der Waals surface area contributed by atoms with Crippen molar-refractivity contribution >= 4 is 17.4 Å². The van der Waals surface area contributed by atoms with Crippen molar-refractivity contribution in [1.29, 1.82) is 0 Å². The Balaban J connectivity index is 1.61. The second-order valence-corrected chi connectivity index (χ2v) is 9.18. The summed E-state index contributed by atoms with van der Waals surface area (Å²) in [5.41, 5.74) is 3.44. The topological polar surface area (TPSA) is 83.0 Å². The van der Waals surface area contributed by atoms with E-state index in [4.69, 9.17) is 4.74 Å². The average molecular weight is 486 g/mol. The van der Waals surface area contributed by atoms with Crippen LogP contribution in [0.2, 0.25) is 0 Å². The first-order valence-corrected chi connectivity index (χ1v) is 12.0. The lowest BCUT2D eigenvalue weighted by Crippen LogP contribution is -2.32. The van der Waals surface area contributed by atoms with Crippen LogP contribution in [0.4, 0.5) is 0 Å². The van der Waals surface area contributed by atoms with E-state index in [0.29, 0.717) is 36.4 Å². The van der Waals surface area contributed by atoms with E-state index in [1.54, 1.807) is 42.7 Å². The van der Waals surface area contributed by atoms with E-state index < -0.39 is 17.7 Å². The second kappa shape index (κ2) is 11.2. The molecular formula is C29H31N3O4. The molecule has 1 N–H and O–H groups in total. The molecular weight excluding hydrogens is 454 g/mol. The Labute approximate surface area is 211 Å². The molecule has 1 aliphatic rings. The van der Waals surface area contributed by atoms with Crippen LogP contribution in [0.5, 0.6) is 5.75 Å². The van der Waals surface area contributed by atoms with Crippen molar-refractivity contribution in [1.82, 2.24) is 14.8 Å². The number of Topliss-reactive ketones (excluding diaryl/α,β-unsaturated/α-hetero) is 1. The molecule has 1 aliphatic heterocycles. The maximum absolute atomic E-state index is 13.1. The molecule has 1 aromatic heterocycles. The Hall–Kier alpha value is -3.97. The molecule has 7 heteroatoms. The molecule has 2 aromatic carbocycles. The Kier molecular flexibility index (Phi) is 7.80. The van der Waals surface area contributed by atoms with E-state index in [-0.39, 0.29) is 11.3 Å². The summed E-state index contributed by atoms with van der Waals surface area (Å²) in [5, 5.41) is 11.2. The average Bonchev–Trinajstić information content (AvgIpc) is 3.13. The van der Waals surface area contributed by atoms with Crippen molar-refractivity contribution in [2.24, 2.45) is 0 Å². The van der Waals surface area contributed by atoms with E-state index in [9.17, 15) is 14.7 Å². The largest absolute Gasteiger partial charge is 0.507 e. The first-order valence-electron chi connectivity index (χ1n) is 12.0. The van der Waals surface area contributed by atoms with Gasteiger partial charge in [-0.2, -0.15) is 0 Å². The van der Waals surface area contributed by atoms with Gasteiger partial charge in [-0.3, -0.25) is 14.6 Å². The molecule has 1 atom stereocenters. The minimum atomic E-state index is -0.696. The number of amides is 1. The second-order valence-electron chi connectivity index (χ2n) is 9.18. The maximum atomic E-state index is 13.1. The third-order valence-electron chi connectivity index (χ3n) is 6.33. The van der Waals surface area contributed by atoms with E-state index in [0.717, 1.165) is 17.7 Å². The molecule has 186 valence electrons. The summed E-state index contributed by atoms with van der Waals surface area (Å²) in [5.74, 6) is -0.862. The van der Waals surface area contributed by atoms with Gasteiger partial charge in [0.05, 0.1) is 11.6 Å². The van der Waals surface area contributed by atoms with Crippen LogP contribution in [-0.4, -0.2) is 58.8 Å². The highest BCUT2D eigenvalue weighted by atomic mass is 16.5. The molecule has 2 heterocycles. The monoisotopic (exact) mass is 485 g/mol. The number of benzene rings is 2. The number of hydrogen-bond acceptors (Lipinski definition) is 6. The predicted octanol–water partition coefficient (Wildman–Crippen LogP) is 4.34. The lowest BCUT2D eigenvalue weighted by molar-refractivity contribution is -0.139. The summed E-state index contributed by atoms with van der Waals surface area (Å²) >= 11 is 0. The number of rotatable bonds is 9. The van der Waals surface area contributed by atoms with Crippen molar-refractivity contribution in [2.75, 3.05) is 27.2 Å². The molecule has 3 aromatic rings. The fourth-order valence-electron chi connectivity index (χ4n) is 4.35. The molecule has 1 amide bonds. The molecule has 0 aliphatic carbocycles. The van der Waals surface area contributed by atoms with E-state index >= 15 is 0 Å². The van der Waals surface area contributed by atoms with Gasteiger partial charge in [-0.25, -0.2) is 0 Å². The van der Waals surface area contributed by atoms with Crippen molar-refractivity contribution in [3.8, 4) is 5.75 Å². The Morgan fingerprint density at radius 1 is 1.06 bits per heavy atom. The zero-order valence-electron chi connectivity index (χ0n) is 20.8. The van der Waals surface area contributed by atoms with E-state index in [1.807, 2.05) is 56.3 Å². The molecule has 1 saturated heterocycles. The summed E-state index contributed by atoms with van der Waals surface area (Å²) in [4.78, 5) is 33.8.